The molecule has 1 aromatic carbocycles. The van der Waals surface area contributed by atoms with Crippen LogP contribution in [-0.2, 0) is 10.9 Å². The second kappa shape index (κ2) is 8.23. The molecule has 8 nitrogen and oxygen atoms in total. The van der Waals surface area contributed by atoms with Crippen LogP contribution in [0, 0.1) is 0 Å². The molecule has 162 valence electrons. The summed E-state index contributed by atoms with van der Waals surface area (Å²) in [6, 6.07) is 3.06. The van der Waals surface area contributed by atoms with Crippen LogP contribution < -0.4 is 15.4 Å². The van der Waals surface area contributed by atoms with E-state index in [1.807, 2.05) is 0 Å². The van der Waals surface area contributed by atoms with Gasteiger partial charge in [-0.25, -0.2) is 0 Å². The lowest BCUT2D eigenvalue weighted by Crippen LogP contribution is -2.36. The molecule has 2 fully saturated rings. The quantitative estimate of drug-likeness (QED) is 0.702. The Morgan fingerprint density at radius 3 is 2.83 bits per heavy atom. The normalized spacial score (nSPS) is 21.6. The summed E-state index contributed by atoms with van der Waals surface area (Å²) in [6.45, 7) is 1.09. The largest absolute Gasteiger partial charge is 0.490 e. The minimum Gasteiger partial charge on any atom is -0.490 e. The summed E-state index contributed by atoms with van der Waals surface area (Å²) < 4.78 is 55.6. The number of benzene rings is 1. The number of alkyl halides is 3. The van der Waals surface area contributed by atoms with Gasteiger partial charge in [-0.1, -0.05) is 0 Å². The monoisotopic (exact) mass is 426 g/mol. The van der Waals surface area contributed by atoms with Gasteiger partial charge in [-0.3, -0.25) is 4.79 Å². The predicted octanol–water partition coefficient (Wildman–Crippen LogP) is 2.40. The highest BCUT2D eigenvalue weighted by Crippen LogP contribution is 2.39. The molecule has 2 aliphatic rings. The summed E-state index contributed by atoms with van der Waals surface area (Å²) >= 11 is 0. The van der Waals surface area contributed by atoms with Gasteiger partial charge in [0.25, 0.3) is 5.89 Å². The van der Waals surface area contributed by atoms with E-state index in [-0.39, 0.29) is 41.3 Å². The lowest BCUT2D eigenvalue weighted by atomic mass is 10.1. The molecule has 1 amide bonds. The van der Waals surface area contributed by atoms with Crippen LogP contribution in [0.4, 0.5) is 13.2 Å². The Morgan fingerprint density at radius 2 is 2.13 bits per heavy atom. The average Bonchev–Trinajstić information content (AvgIpc) is 3.19. The highest BCUT2D eigenvalue weighted by Gasteiger charge is 2.34. The molecule has 0 bridgehead atoms. The highest BCUT2D eigenvalue weighted by atomic mass is 19.4. The number of ether oxygens (including phenoxy) is 2. The lowest BCUT2D eigenvalue weighted by molar-refractivity contribution is -0.137. The summed E-state index contributed by atoms with van der Waals surface area (Å²) in [5.74, 6) is -0.905. The third kappa shape index (κ3) is 4.73. The second-order valence-electron chi connectivity index (χ2n) is 7.40. The van der Waals surface area contributed by atoms with Gasteiger partial charge >= 0.3 is 18.0 Å². The van der Waals surface area contributed by atoms with E-state index in [2.05, 4.69) is 20.8 Å². The van der Waals surface area contributed by atoms with E-state index >= 15 is 0 Å². The van der Waals surface area contributed by atoms with Crippen molar-refractivity contribution in [2.45, 2.75) is 43.6 Å². The van der Waals surface area contributed by atoms with Gasteiger partial charge in [0.05, 0.1) is 23.8 Å². The van der Waals surface area contributed by atoms with Crippen LogP contribution in [-0.4, -0.2) is 54.6 Å². The van der Waals surface area contributed by atoms with Crippen LogP contribution in [0.5, 0.6) is 5.75 Å². The number of amides is 1. The SMILES string of the molecule is COC[C@@H]1C[C@@H](NC(=O)c2nnc(-c3cc(C(F)(F)F)ccc3OC3CC3)o2)CN1. The number of carbonyl (C=O) groups is 1. The Hall–Kier alpha value is -2.66. The van der Waals surface area contributed by atoms with Crippen LogP contribution in [0.15, 0.2) is 22.6 Å². The average molecular weight is 426 g/mol. The number of rotatable bonds is 7. The summed E-state index contributed by atoms with van der Waals surface area (Å²) in [5.41, 5.74) is -0.864. The number of nitrogens with zero attached hydrogens (tertiary/aromatic N) is 2. The molecule has 0 unspecified atom stereocenters. The molecular weight excluding hydrogens is 405 g/mol. The van der Waals surface area contributed by atoms with Crippen LogP contribution in [0.3, 0.4) is 0 Å². The van der Waals surface area contributed by atoms with Crippen molar-refractivity contribution in [1.29, 1.82) is 0 Å². The van der Waals surface area contributed by atoms with E-state index in [1.54, 1.807) is 7.11 Å². The maximum absolute atomic E-state index is 13.2. The van der Waals surface area contributed by atoms with Crippen molar-refractivity contribution >= 4 is 5.91 Å². The van der Waals surface area contributed by atoms with Crippen molar-refractivity contribution in [3.05, 3.63) is 29.7 Å². The predicted molar refractivity (Wildman–Crippen MR) is 97.9 cm³/mol. The third-order valence-corrected chi connectivity index (χ3v) is 4.90. The van der Waals surface area contributed by atoms with Crippen LogP contribution in [0.2, 0.25) is 0 Å². The first-order chi connectivity index (χ1) is 14.3. The van der Waals surface area contributed by atoms with E-state index in [9.17, 15) is 18.0 Å². The smallest absolute Gasteiger partial charge is 0.416 e. The summed E-state index contributed by atoms with van der Waals surface area (Å²) in [7, 11) is 1.60. The Bertz CT molecular complexity index is 913. The number of hydrogen-bond acceptors (Lipinski definition) is 7. The van der Waals surface area contributed by atoms with Gasteiger partial charge in [0, 0.05) is 25.7 Å². The maximum atomic E-state index is 13.2. The lowest BCUT2D eigenvalue weighted by Gasteiger charge is -2.12. The number of methoxy groups -OCH3 is 1. The molecule has 11 heteroatoms. The van der Waals surface area contributed by atoms with Crippen LogP contribution >= 0.6 is 0 Å². The first kappa shape index (κ1) is 20.6. The Labute approximate surface area is 170 Å². The zero-order valence-electron chi connectivity index (χ0n) is 16.2. The van der Waals surface area contributed by atoms with Gasteiger partial charge in [0.15, 0.2) is 0 Å². The maximum Gasteiger partial charge on any atom is 0.416 e. The van der Waals surface area contributed by atoms with Crippen LogP contribution in [0.25, 0.3) is 11.5 Å². The molecule has 30 heavy (non-hydrogen) atoms. The van der Waals surface area contributed by atoms with Gasteiger partial charge in [0.2, 0.25) is 0 Å². The van der Waals surface area contributed by atoms with Crippen molar-refractivity contribution in [2.75, 3.05) is 20.3 Å². The van der Waals surface area contributed by atoms with Gasteiger partial charge < -0.3 is 24.5 Å². The fraction of sp³-hybridized carbons (Fsp3) is 0.526. The number of aromatic nitrogens is 2. The van der Waals surface area contributed by atoms with Gasteiger partial charge in [-0.15, -0.1) is 10.2 Å². The van der Waals surface area contributed by atoms with Crippen molar-refractivity contribution in [2.24, 2.45) is 0 Å². The molecular formula is C19H21F3N4O4. The molecule has 1 saturated heterocycles. The van der Waals surface area contributed by atoms with Gasteiger partial charge in [-0.2, -0.15) is 13.2 Å². The second-order valence-corrected chi connectivity index (χ2v) is 7.40. The summed E-state index contributed by atoms with van der Waals surface area (Å²) in [4.78, 5) is 12.4. The van der Waals surface area contributed by atoms with Gasteiger partial charge in [0.1, 0.15) is 5.75 Å². The minimum absolute atomic E-state index is 0.00552. The highest BCUT2D eigenvalue weighted by molar-refractivity contribution is 5.90. The van der Waals surface area contributed by atoms with Crippen molar-refractivity contribution < 1.29 is 31.9 Å². The van der Waals surface area contributed by atoms with E-state index < -0.39 is 17.6 Å². The number of hydrogen-bond donors (Lipinski definition) is 2. The molecule has 0 radical (unpaired) electrons. The molecule has 2 atom stereocenters. The first-order valence-electron chi connectivity index (χ1n) is 9.58. The minimum atomic E-state index is -4.54. The van der Waals surface area contributed by atoms with Crippen molar-refractivity contribution in [3.63, 3.8) is 0 Å². The van der Waals surface area contributed by atoms with Gasteiger partial charge in [-0.05, 0) is 37.5 Å². The first-order valence-corrected chi connectivity index (χ1v) is 9.58. The standard InChI is InChI=1S/C19H21F3N4O4/c1-28-9-12-7-11(8-23-12)24-16(27)18-26-25-17(30-18)14-6-10(19(20,21)22)2-5-15(14)29-13-3-4-13/h2,5-6,11-13,23H,3-4,7-9H2,1H3,(H,24,27)/t11-,12+/m1/s1. The Kier molecular flexibility index (Phi) is 5.65. The van der Waals surface area contributed by atoms with Crippen molar-refractivity contribution in [3.8, 4) is 17.2 Å². The van der Waals surface area contributed by atoms with Crippen LogP contribution in [0.1, 0.15) is 35.5 Å². The molecule has 4 rings (SSSR count). The molecule has 2 N–H and O–H groups in total. The Morgan fingerprint density at radius 1 is 1.33 bits per heavy atom. The molecule has 1 aliphatic carbocycles. The van der Waals surface area contributed by atoms with E-state index in [0.29, 0.717) is 19.6 Å². The molecule has 1 aromatic heterocycles. The third-order valence-electron chi connectivity index (χ3n) is 4.90. The van der Waals surface area contributed by atoms with E-state index in [0.717, 1.165) is 25.0 Å². The topological polar surface area (TPSA) is 98.5 Å². The van der Waals surface area contributed by atoms with E-state index in [1.165, 1.54) is 6.07 Å². The molecule has 1 aliphatic heterocycles. The number of halogens is 3. The number of nitrogens with one attached hydrogen (secondary N) is 2. The van der Waals surface area contributed by atoms with E-state index in [4.69, 9.17) is 13.9 Å². The fourth-order valence-corrected chi connectivity index (χ4v) is 3.27. The Balaban J connectivity index is 1.52. The zero-order chi connectivity index (χ0) is 21.3. The molecule has 2 aromatic rings. The number of carbonyl (C=O) groups excluding carboxylic acids is 1. The molecule has 2 heterocycles. The fourth-order valence-electron chi connectivity index (χ4n) is 3.27. The van der Waals surface area contributed by atoms with Crippen molar-refractivity contribution in [1.82, 2.24) is 20.8 Å². The summed E-state index contributed by atoms with van der Waals surface area (Å²) in [6.07, 6.45) is -2.25. The zero-order valence-corrected chi connectivity index (χ0v) is 16.2. The molecule has 1 saturated carbocycles. The summed E-state index contributed by atoms with van der Waals surface area (Å²) in [5, 5.41) is 13.5. The molecule has 0 spiro atoms.